The molecule has 5 nitrogen and oxygen atoms in total. The van der Waals surface area contributed by atoms with Crippen molar-refractivity contribution in [3.8, 4) is 0 Å². The van der Waals surface area contributed by atoms with E-state index in [1.807, 2.05) is 45.0 Å². The standard InChI is InChI=1S/C26H37NO4S/c1-5-6-7-8-9-13-18-30-25(29)27-23-22(24(28)31-26(2,3)4)19-21(32-23)17-16-20-14-11-10-12-15-20/h10-12,14-15,19H,5-9,13,16-18H2,1-4H3,(H,27,29). The van der Waals surface area contributed by atoms with E-state index in [9.17, 15) is 9.59 Å². The maximum absolute atomic E-state index is 12.7. The molecule has 0 spiro atoms. The number of carbonyl (C=O) groups excluding carboxylic acids is 2. The zero-order valence-electron chi connectivity index (χ0n) is 19.9. The number of hydrogen-bond acceptors (Lipinski definition) is 5. The molecule has 1 N–H and O–H groups in total. The molecular weight excluding hydrogens is 422 g/mol. The topological polar surface area (TPSA) is 64.6 Å². The molecule has 0 saturated carbocycles. The van der Waals surface area contributed by atoms with E-state index in [1.165, 1.54) is 36.2 Å². The third-order valence-electron chi connectivity index (χ3n) is 4.85. The fourth-order valence-corrected chi connectivity index (χ4v) is 4.26. The highest BCUT2D eigenvalue weighted by molar-refractivity contribution is 7.16. The number of anilines is 1. The Balaban J connectivity index is 1.97. The van der Waals surface area contributed by atoms with Gasteiger partial charge in [-0.2, -0.15) is 0 Å². The molecular formula is C26H37NO4S. The van der Waals surface area contributed by atoms with Crippen molar-refractivity contribution in [3.05, 3.63) is 52.4 Å². The van der Waals surface area contributed by atoms with E-state index in [-0.39, 0.29) is 0 Å². The zero-order valence-corrected chi connectivity index (χ0v) is 20.7. The lowest BCUT2D eigenvalue weighted by Gasteiger charge is -2.19. The summed E-state index contributed by atoms with van der Waals surface area (Å²) in [5, 5.41) is 3.25. The summed E-state index contributed by atoms with van der Waals surface area (Å²) in [7, 11) is 0. The Morgan fingerprint density at radius 1 is 0.969 bits per heavy atom. The van der Waals surface area contributed by atoms with E-state index >= 15 is 0 Å². The van der Waals surface area contributed by atoms with Gasteiger partial charge in [-0.05, 0) is 51.7 Å². The van der Waals surface area contributed by atoms with Crippen molar-refractivity contribution >= 4 is 28.4 Å². The lowest BCUT2D eigenvalue weighted by Crippen LogP contribution is -2.24. The van der Waals surface area contributed by atoms with Crippen LogP contribution in [0.5, 0.6) is 0 Å². The fourth-order valence-electron chi connectivity index (χ4n) is 3.23. The van der Waals surface area contributed by atoms with Crippen LogP contribution in [0.1, 0.15) is 87.0 Å². The molecule has 0 fully saturated rings. The van der Waals surface area contributed by atoms with Gasteiger partial charge < -0.3 is 9.47 Å². The number of benzene rings is 1. The van der Waals surface area contributed by atoms with Gasteiger partial charge in [0.05, 0.1) is 12.2 Å². The maximum Gasteiger partial charge on any atom is 0.412 e. The van der Waals surface area contributed by atoms with Crippen LogP contribution in [0.2, 0.25) is 0 Å². The van der Waals surface area contributed by atoms with Crippen LogP contribution in [0.25, 0.3) is 0 Å². The summed E-state index contributed by atoms with van der Waals surface area (Å²) in [5.41, 5.74) is 0.996. The molecule has 0 aliphatic rings. The molecule has 32 heavy (non-hydrogen) atoms. The van der Waals surface area contributed by atoms with E-state index in [0.717, 1.165) is 37.0 Å². The molecule has 0 unspecified atom stereocenters. The first kappa shape index (κ1) is 25.9. The molecule has 2 rings (SSSR count). The van der Waals surface area contributed by atoms with Crippen molar-refractivity contribution in [2.24, 2.45) is 0 Å². The second kappa shape index (κ2) is 13.3. The van der Waals surface area contributed by atoms with E-state index < -0.39 is 17.7 Å². The van der Waals surface area contributed by atoms with E-state index in [4.69, 9.17) is 9.47 Å². The van der Waals surface area contributed by atoms with Crippen molar-refractivity contribution < 1.29 is 19.1 Å². The third-order valence-corrected chi connectivity index (χ3v) is 5.96. The highest BCUT2D eigenvalue weighted by atomic mass is 32.1. The number of unbranched alkanes of at least 4 members (excludes halogenated alkanes) is 5. The Kier molecular flexibility index (Phi) is 10.7. The van der Waals surface area contributed by atoms with E-state index in [1.54, 1.807) is 0 Å². The minimum absolute atomic E-state index is 0.379. The molecule has 0 saturated heterocycles. The highest BCUT2D eigenvalue weighted by Gasteiger charge is 2.24. The summed E-state index contributed by atoms with van der Waals surface area (Å²) in [4.78, 5) is 26.1. The van der Waals surface area contributed by atoms with Gasteiger partial charge in [-0.15, -0.1) is 11.3 Å². The number of rotatable bonds is 12. The Hall–Kier alpha value is -2.34. The molecule has 1 aromatic heterocycles. The molecule has 1 amide bonds. The number of hydrogen-bond donors (Lipinski definition) is 1. The monoisotopic (exact) mass is 459 g/mol. The molecule has 0 aliphatic heterocycles. The first-order chi connectivity index (χ1) is 15.3. The van der Waals surface area contributed by atoms with Gasteiger partial charge in [-0.1, -0.05) is 69.4 Å². The first-order valence-electron chi connectivity index (χ1n) is 11.6. The maximum atomic E-state index is 12.7. The minimum atomic E-state index is -0.612. The minimum Gasteiger partial charge on any atom is -0.456 e. The molecule has 0 atom stereocenters. The molecule has 2 aromatic rings. The molecule has 0 radical (unpaired) electrons. The Morgan fingerprint density at radius 2 is 1.66 bits per heavy atom. The summed E-state index contributed by atoms with van der Waals surface area (Å²) in [6.45, 7) is 8.06. The van der Waals surface area contributed by atoms with Crippen LogP contribution in [0, 0.1) is 0 Å². The van der Waals surface area contributed by atoms with Gasteiger partial charge in [0.1, 0.15) is 10.6 Å². The van der Waals surface area contributed by atoms with Crippen LogP contribution < -0.4 is 5.32 Å². The Labute approximate surface area is 196 Å². The molecule has 176 valence electrons. The second-order valence-corrected chi connectivity index (χ2v) is 10.1. The smallest absolute Gasteiger partial charge is 0.412 e. The lowest BCUT2D eigenvalue weighted by atomic mass is 10.1. The highest BCUT2D eigenvalue weighted by Crippen LogP contribution is 2.31. The van der Waals surface area contributed by atoms with Crippen LogP contribution >= 0.6 is 11.3 Å². The fraction of sp³-hybridized carbons (Fsp3) is 0.538. The van der Waals surface area contributed by atoms with Crippen molar-refractivity contribution in [2.45, 2.75) is 84.7 Å². The zero-order chi connectivity index (χ0) is 23.4. The quantitative estimate of drug-likeness (QED) is 0.265. The van der Waals surface area contributed by atoms with Crippen LogP contribution in [0.15, 0.2) is 36.4 Å². The van der Waals surface area contributed by atoms with Crippen LogP contribution in [-0.2, 0) is 22.3 Å². The summed E-state index contributed by atoms with van der Waals surface area (Å²) in [6.07, 6.45) is 7.87. The predicted molar refractivity (Wildman–Crippen MR) is 132 cm³/mol. The summed E-state index contributed by atoms with van der Waals surface area (Å²) in [6, 6.07) is 12.0. The van der Waals surface area contributed by atoms with Gasteiger partial charge in [0, 0.05) is 4.88 Å². The predicted octanol–water partition coefficient (Wildman–Crippen LogP) is 7.40. The van der Waals surface area contributed by atoms with E-state index in [2.05, 4.69) is 24.4 Å². The van der Waals surface area contributed by atoms with Gasteiger partial charge in [-0.25, -0.2) is 9.59 Å². The largest absolute Gasteiger partial charge is 0.456 e. The summed E-state index contributed by atoms with van der Waals surface area (Å²) in [5.74, 6) is -0.439. The molecule has 6 heteroatoms. The average Bonchev–Trinajstić information content (AvgIpc) is 3.14. The number of thiophene rings is 1. The third kappa shape index (κ3) is 9.86. The number of amides is 1. The van der Waals surface area contributed by atoms with Gasteiger partial charge >= 0.3 is 12.1 Å². The first-order valence-corrected chi connectivity index (χ1v) is 12.4. The number of aryl methyl sites for hydroxylation is 2. The molecule has 1 aromatic carbocycles. The number of esters is 1. The van der Waals surface area contributed by atoms with Crippen molar-refractivity contribution in [1.82, 2.24) is 0 Å². The average molecular weight is 460 g/mol. The Bertz CT molecular complexity index is 839. The van der Waals surface area contributed by atoms with Crippen molar-refractivity contribution in [1.29, 1.82) is 0 Å². The Morgan fingerprint density at radius 3 is 2.34 bits per heavy atom. The van der Waals surface area contributed by atoms with Gasteiger partial charge in [0.25, 0.3) is 0 Å². The van der Waals surface area contributed by atoms with Crippen LogP contribution in [-0.4, -0.2) is 24.3 Å². The van der Waals surface area contributed by atoms with Crippen LogP contribution in [0.4, 0.5) is 9.80 Å². The normalized spacial score (nSPS) is 11.2. The van der Waals surface area contributed by atoms with Crippen molar-refractivity contribution in [3.63, 3.8) is 0 Å². The summed E-state index contributed by atoms with van der Waals surface area (Å²) < 4.78 is 10.9. The number of ether oxygens (including phenoxy) is 2. The SMILES string of the molecule is CCCCCCCCOC(=O)Nc1sc(CCc2ccccc2)cc1C(=O)OC(C)(C)C. The number of nitrogens with one attached hydrogen (secondary N) is 1. The number of carbonyl (C=O) groups is 2. The molecule has 0 bridgehead atoms. The van der Waals surface area contributed by atoms with Gasteiger partial charge in [0.15, 0.2) is 0 Å². The second-order valence-electron chi connectivity index (χ2n) is 8.97. The lowest BCUT2D eigenvalue weighted by molar-refractivity contribution is 0.00712. The van der Waals surface area contributed by atoms with Gasteiger partial charge in [0.2, 0.25) is 0 Å². The van der Waals surface area contributed by atoms with Crippen molar-refractivity contribution in [2.75, 3.05) is 11.9 Å². The van der Waals surface area contributed by atoms with Gasteiger partial charge in [-0.3, -0.25) is 5.32 Å². The molecule has 0 aliphatic carbocycles. The van der Waals surface area contributed by atoms with Crippen LogP contribution in [0.3, 0.4) is 0 Å². The summed E-state index contributed by atoms with van der Waals surface area (Å²) >= 11 is 1.40. The molecule has 1 heterocycles. The van der Waals surface area contributed by atoms with E-state index in [0.29, 0.717) is 17.2 Å².